The van der Waals surface area contributed by atoms with Gasteiger partial charge in [-0.25, -0.2) is 9.97 Å². The molecule has 1 aromatic heterocycles. The van der Waals surface area contributed by atoms with E-state index in [9.17, 15) is 10.2 Å². The Morgan fingerprint density at radius 2 is 2.25 bits per heavy atom. The molecule has 0 radical (unpaired) electrons. The van der Waals surface area contributed by atoms with Crippen LogP contribution in [0.4, 0.5) is 5.82 Å². The minimum absolute atomic E-state index is 0.0122. The first-order chi connectivity index (χ1) is 7.56. The number of aliphatic hydroxyl groups is 2. The summed E-state index contributed by atoms with van der Waals surface area (Å²) in [5.74, 6) is 0.0796. The van der Waals surface area contributed by atoms with Gasteiger partial charge in [0.25, 0.3) is 0 Å². The largest absolute Gasteiger partial charge is 0.390 e. The number of nitrogens with two attached hydrogens (primary N) is 1. The Kier molecular flexibility index (Phi) is 4.88. The standard InChI is InChI=1S/C9H15ClN4O2/c1-12-3-2-6(15)7(16)5-4-13-9(10)14-8(5)11/h4,6-7,12,15-16H,2-3H2,1H3,(H2,11,13,14). The molecule has 2 unspecified atom stereocenters. The average molecular weight is 247 g/mol. The predicted octanol–water partition coefficient (Wildman–Crippen LogP) is -0.284. The number of aliphatic hydroxyl groups excluding tert-OH is 2. The summed E-state index contributed by atoms with van der Waals surface area (Å²) in [5, 5.41) is 22.4. The van der Waals surface area contributed by atoms with Crippen molar-refractivity contribution < 1.29 is 10.2 Å². The van der Waals surface area contributed by atoms with E-state index in [0.29, 0.717) is 13.0 Å². The van der Waals surface area contributed by atoms with Gasteiger partial charge < -0.3 is 21.3 Å². The van der Waals surface area contributed by atoms with Crippen molar-refractivity contribution >= 4 is 17.4 Å². The van der Waals surface area contributed by atoms with Crippen LogP contribution in [0.5, 0.6) is 0 Å². The smallest absolute Gasteiger partial charge is 0.224 e. The Bertz CT molecular complexity index is 350. The van der Waals surface area contributed by atoms with Crippen LogP contribution in [0.25, 0.3) is 0 Å². The van der Waals surface area contributed by atoms with Crippen LogP contribution in [0.3, 0.4) is 0 Å². The van der Waals surface area contributed by atoms with Gasteiger partial charge in [-0.15, -0.1) is 0 Å². The molecule has 1 aromatic rings. The number of anilines is 1. The quantitative estimate of drug-likeness (QED) is 0.533. The van der Waals surface area contributed by atoms with Gasteiger partial charge in [0.1, 0.15) is 11.9 Å². The highest BCUT2D eigenvalue weighted by molar-refractivity contribution is 6.28. The summed E-state index contributed by atoms with van der Waals surface area (Å²) in [5.41, 5.74) is 5.85. The summed E-state index contributed by atoms with van der Waals surface area (Å²) in [6.07, 6.45) is -0.303. The summed E-state index contributed by atoms with van der Waals surface area (Å²) in [7, 11) is 1.76. The molecule has 0 aliphatic carbocycles. The molecule has 0 spiro atoms. The average Bonchev–Trinajstić information content (AvgIpc) is 2.25. The first-order valence-electron chi connectivity index (χ1n) is 4.85. The molecule has 0 saturated heterocycles. The molecule has 1 rings (SSSR count). The first-order valence-corrected chi connectivity index (χ1v) is 5.22. The van der Waals surface area contributed by atoms with E-state index in [2.05, 4.69) is 15.3 Å². The van der Waals surface area contributed by atoms with Crippen LogP contribution in [-0.4, -0.2) is 39.9 Å². The lowest BCUT2D eigenvalue weighted by atomic mass is 10.0. The zero-order chi connectivity index (χ0) is 12.1. The number of hydrogen-bond donors (Lipinski definition) is 4. The topological polar surface area (TPSA) is 104 Å². The number of halogens is 1. The van der Waals surface area contributed by atoms with Crippen LogP contribution in [0.1, 0.15) is 18.1 Å². The fourth-order valence-electron chi connectivity index (χ4n) is 1.27. The Morgan fingerprint density at radius 1 is 1.56 bits per heavy atom. The van der Waals surface area contributed by atoms with Gasteiger partial charge in [0.15, 0.2) is 0 Å². The van der Waals surface area contributed by atoms with Gasteiger partial charge in [0, 0.05) is 11.8 Å². The maximum Gasteiger partial charge on any atom is 0.224 e. The van der Waals surface area contributed by atoms with E-state index >= 15 is 0 Å². The zero-order valence-corrected chi connectivity index (χ0v) is 9.65. The van der Waals surface area contributed by atoms with Gasteiger partial charge in [-0.1, -0.05) is 0 Å². The van der Waals surface area contributed by atoms with Crippen LogP contribution in [0, 0.1) is 0 Å². The van der Waals surface area contributed by atoms with Gasteiger partial charge in [-0.2, -0.15) is 0 Å². The second-order valence-electron chi connectivity index (χ2n) is 3.38. The van der Waals surface area contributed by atoms with Crippen molar-refractivity contribution in [2.45, 2.75) is 18.6 Å². The van der Waals surface area contributed by atoms with Crippen LogP contribution >= 0.6 is 11.6 Å². The summed E-state index contributed by atoms with van der Waals surface area (Å²) in [6.45, 7) is 0.590. The first kappa shape index (κ1) is 13.1. The van der Waals surface area contributed by atoms with Gasteiger partial charge in [0.2, 0.25) is 5.28 Å². The number of rotatable bonds is 5. The molecule has 5 N–H and O–H groups in total. The molecule has 7 heteroatoms. The Labute approximate surface area is 98.5 Å². The van der Waals surface area contributed by atoms with Crippen molar-refractivity contribution in [3.63, 3.8) is 0 Å². The predicted molar refractivity (Wildman–Crippen MR) is 61.0 cm³/mol. The molecule has 0 saturated carbocycles. The highest BCUT2D eigenvalue weighted by Crippen LogP contribution is 2.23. The SMILES string of the molecule is CNCCC(O)C(O)c1cnc(Cl)nc1N. The molecular formula is C9H15ClN4O2. The van der Waals surface area contributed by atoms with E-state index in [4.69, 9.17) is 17.3 Å². The molecule has 0 amide bonds. The van der Waals surface area contributed by atoms with E-state index in [1.807, 2.05) is 0 Å². The van der Waals surface area contributed by atoms with E-state index in [1.54, 1.807) is 7.05 Å². The third kappa shape index (κ3) is 3.28. The molecule has 90 valence electrons. The van der Waals surface area contributed by atoms with E-state index in [-0.39, 0.29) is 16.7 Å². The number of nitrogen functional groups attached to an aromatic ring is 1. The number of aromatic nitrogens is 2. The molecular weight excluding hydrogens is 232 g/mol. The molecule has 0 aromatic carbocycles. The van der Waals surface area contributed by atoms with Crippen molar-refractivity contribution in [3.8, 4) is 0 Å². The maximum atomic E-state index is 9.81. The second kappa shape index (κ2) is 5.95. The Morgan fingerprint density at radius 3 is 2.81 bits per heavy atom. The fourth-order valence-corrected chi connectivity index (χ4v) is 1.41. The lowest BCUT2D eigenvalue weighted by Crippen LogP contribution is -2.24. The Balaban J connectivity index is 2.75. The molecule has 6 nitrogen and oxygen atoms in total. The van der Waals surface area contributed by atoms with Crippen LogP contribution in [-0.2, 0) is 0 Å². The fraction of sp³-hybridized carbons (Fsp3) is 0.556. The molecule has 0 aliphatic heterocycles. The highest BCUT2D eigenvalue weighted by Gasteiger charge is 2.21. The molecule has 0 aliphatic rings. The summed E-state index contributed by atoms with van der Waals surface area (Å²) in [4.78, 5) is 7.41. The molecule has 0 fully saturated rings. The normalized spacial score (nSPS) is 14.8. The number of hydrogen-bond acceptors (Lipinski definition) is 6. The van der Waals surface area contributed by atoms with Crippen molar-refractivity contribution in [2.24, 2.45) is 0 Å². The van der Waals surface area contributed by atoms with Crippen molar-refractivity contribution in [2.75, 3.05) is 19.3 Å². The van der Waals surface area contributed by atoms with Gasteiger partial charge >= 0.3 is 0 Å². The second-order valence-corrected chi connectivity index (χ2v) is 3.72. The summed E-state index contributed by atoms with van der Waals surface area (Å²) >= 11 is 5.53. The molecule has 0 bridgehead atoms. The molecule has 2 atom stereocenters. The molecule has 1 heterocycles. The van der Waals surface area contributed by atoms with Gasteiger partial charge in [-0.05, 0) is 31.6 Å². The summed E-state index contributed by atoms with van der Waals surface area (Å²) < 4.78 is 0. The Hall–Kier alpha value is -0.950. The zero-order valence-electron chi connectivity index (χ0n) is 8.89. The van der Waals surface area contributed by atoms with E-state index in [0.717, 1.165) is 0 Å². The van der Waals surface area contributed by atoms with Crippen molar-refractivity contribution in [3.05, 3.63) is 17.0 Å². The van der Waals surface area contributed by atoms with Crippen molar-refractivity contribution in [1.82, 2.24) is 15.3 Å². The van der Waals surface area contributed by atoms with Gasteiger partial charge in [-0.3, -0.25) is 0 Å². The minimum Gasteiger partial charge on any atom is -0.390 e. The number of nitrogens with zero attached hydrogens (tertiary/aromatic N) is 2. The van der Waals surface area contributed by atoms with Crippen LogP contribution in [0.2, 0.25) is 5.28 Å². The molecule has 16 heavy (non-hydrogen) atoms. The third-order valence-corrected chi connectivity index (χ3v) is 2.37. The van der Waals surface area contributed by atoms with E-state index < -0.39 is 12.2 Å². The lowest BCUT2D eigenvalue weighted by molar-refractivity contribution is 0.0141. The highest BCUT2D eigenvalue weighted by atomic mass is 35.5. The van der Waals surface area contributed by atoms with Crippen LogP contribution < -0.4 is 11.1 Å². The summed E-state index contributed by atoms with van der Waals surface area (Å²) in [6, 6.07) is 0. The minimum atomic E-state index is -1.11. The van der Waals surface area contributed by atoms with E-state index in [1.165, 1.54) is 6.20 Å². The maximum absolute atomic E-state index is 9.81. The monoisotopic (exact) mass is 246 g/mol. The third-order valence-electron chi connectivity index (χ3n) is 2.19. The van der Waals surface area contributed by atoms with Crippen LogP contribution in [0.15, 0.2) is 6.20 Å². The lowest BCUT2D eigenvalue weighted by Gasteiger charge is -2.18. The number of nitrogens with one attached hydrogen (secondary N) is 1. The van der Waals surface area contributed by atoms with Crippen molar-refractivity contribution in [1.29, 1.82) is 0 Å². The van der Waals surface area contributed by atoms with Gasteiger partial charge in [0.05, 0.1) is 6.10 Å².